The molecule has 2 aliphatic rings. The smallest absolute Gasteiger partial charge is 0.234 e. The van der Waals surface area contributed by atoms with E-state index in [1.54, 1.807) is 18.5 Å². The molecule has 178 valence electrons. The SMILES string of the molecule is CC1CCC(Cn2c(C(O)C3CCOCC3)nc3nc(C#N)nc(-c4cncc(Cl)c4)c32)CC1. The summed E-state index contributed by atoms with van der Waals surface area (Å²) in [5, 5.41) is 21.5. The van der Waals surface area contributed by atoms with Crippen LogP contribution in [-0.4, -0.2) is 42.8 Å². The lowest BCUT2D eigenvalue weighted by Gasteiger charge is -2.30. The van der Waals surface area contributed by atoms with E-state index in [9.17, 15) is 10.4 Å². The van der Waals surface area contributed by atoms with Crippen LogP contribution < -0.4 is 0 Å². The fourth-order valence-corrected chi connectivity index (χ4v) is 5.44. The molecule has 0 amide bonds. The van der Waals surface area contributed by atoms with Gasteiger partial charge in [-0.25, -0.2) is 9.97 Å². The van der Waals surface area contributed by atoms with Crippen LogP contribution in [0.3, 0.4) is 0 Å². The lowest BCUT2D eigenvalue weighted by Crippen LogP contribution is -2.26. The van der Waals surface area contributed by atoms with Crippen LogP contribution in [0.4, 0.5) is 0 Å². The molecule has 3 aromatic rings. The second kappa shape index (κ2) is 9.95. The van der Waals surface area contributed by atoms with Crippen molar-refractivity contribution in [3.63, 3.8) is 0 Å². The molecule has 9 heteroatoms. The molecule has 4 heterocycles. The van der Waals surface area contributed by atoms with E-state index >= 15 is 0 Å². The molecule has 1 N–H and O–H groups in total. The van der Waals surface area contributed by atoms with Gasteiger partial charge in [0.25, 0.3) is 0 Å². The van der Waals surface area contributed by atoms with Crippen LogP contribution in [0.2, 0.25) is 5.02 Å². The maximum Gasteiger partial charge on any atom is 0.234 e. The lowest BCUT2D eigenvalue weighted by atomic mass is 9.83. The second-order valence-electron chi connectivity index (χ2n) is 9.67. The monoisotopic (exact) mass is 480 g/mol. The predicted octanol–water partition coefficient (Wildman–Crippen LogP) is 4.70. The molecular weight excluding hydrogens is 452 g/mol. The molecule has 0 aromatic carbocycles. The van der Waals surface area contributed by atoms with Crippen LogP contribution in [0.25, 0.3) is 22.4 Å². The highest BCUT2D eigenvalue weighted by Crippen LogP contribution is 2.37. The van der Waals surface area contributed by atoms with Gasteiger partial charge in [0.1, 0.15) is 29.2 Å². The van der Waals surface area contributed by atoms with E-state index < -0.39 is 6.10 Å². The first-order chi connectivity index (χ1) is 16.5. The summed E-state index contributed by atoms with van der Waals surface area (Å²) in [5.74, 6) is 1.93. The standard InChI is InChI=1S/C25H29ClN6O2/c1-15-2-4-16(5-3-15)14-32-22-21(18-10-19(26)13-28-12-18)29-20(11-27)30-24(22)31-25(32)23(33)17-6-8-34-9-7-17/h10,12-13,15-17,23,33H,2-9,14H2,1H3. The van der Waals surface area contributed by atoms with Crippen molar-refractivity contribution in [1.29, 1.82) is 5.26 Å². The Kier molecular flexibility index (Phi) is 6.77. The summed E-state index contributed by atoms with van der Waals surface area (Å²) >= 11 is 6.24. The van der Waals surface area contributed by atoms with Crippen LogP contribution in [0.1, 0.15) is 63.2 Å². The highest BCUT2D eigenvalue weighted by Gasteiger charge is 2.31. The summed E-state index contributed by atoms with van der Waals surface area (Å²) in [6.45, 7) is 4.32. The Hall–Kier alpha value is -2.60. The third-order valence-electron chi connectivity index (χ3n) is 7.26. The average Bonchev–Trinajstić information content (AvgIpc) is 3.23. The highest BCUT2D eigenvalue weighted by atomic mass is 35.5. The van der Waals surface area contributed by atoms with Crippen molar-refractivity contribution in [3.05, 3.63) is 35.1 Å². The summed E-state index contributed by atoms with van der Waals surface area (Å²) in [7, 11) is 0. The molecule has 8 nitrogen and oxygen atoms in total. The summed E-state index contributed by atoms with van der Waals surface area (Å²) in [5.41, 5.74) is 2.41. The van der Waals surface area contributed by atoms with Crippen molar-refractivity contribution in [2.45, 2.75) is 58.1 Å². The zero-order chi connectivity index (χ0) is 23.7. The first-order valence-electron chi connectivity index (χ1n) is 12.1. The summed E-state index contributed by atoms with van der Waals surface area (Å²) in [6.07, 6.45) is 8.76. The van der Waals surface area contributed by atoms with Gasteiger partial charge in [-0.1, -0.05) is 31.4 Å². The molecule has 1 unspecified atom stereocenters. The quantitative estimate of drug-likeness (QED) is 0.563. The molecular formula is C25H29ClN6O2. The molecule has 0 radical (unpaired) electrons. The van der Waals surface area contributed by atoms with E-state index in [4.69, 9.17) is 21.3 Å². The number of hydrogen-bond donors (Lipinski definition) is 1. The van der Waals surface area contributed by atoms with Crippen molar-refractivity contribution in [3.8, 4) is 17.3 Å². The van der Waals surface area contributed by atoms with E-state index in [2.05, 4.69) is 26.4 Å². The molecule has 1 saturated heterocycles. The van der Waals surface area contributed by atoms with Crippen molar-refractivity contribution < 1.29 is 9.84 Å². The molecule has 5 rings (SSSR count). The van der Waals surface area contributed by atoms with Gasteiger partial charge in [0, 0.05) is 37.7 Å². The number of nitrogens with zero attached hydrogens (tertiary/aromatic N) is 6. The number of halogens is 1. The van der Waals surface area contributed by atoms with Crippen LogP contribution in [0.15, 0.2) is 18.5 Å². The number of nitriles is 1. The first-order valence-corrected chi connectivity index (χ1v) is 12.5. The fraction of sp³-hybridized carbons (Fsp3) is 0.560. The van der Waals surface area contributed by atoms with Gasteiger partial charge in [0.05, 0.1) is 5.02 Å². The lowest BCUT2D eigenvalue weighted by molar-refractivity contribution is 0.00228. The van der Waals surface area contributed by atoms with Crippen molar-refractivity contribution in [1.82, 2.24) is 24.5 Å². The molecule has 2 fully saturated rings. The third kappa shape index (κ3) is 4.65. The van der Waals surface area contributed by atoms with Gasteiger partial charge >= 0.3 is 0 Å². The Morgan fingerprint density at radius 1 is 1.15 bits per heavy atom. The maximum absolute atomic E-state index is 11.4. The van der Waals surface area contributed by atoms with E-state index in [0.29, 0.717) is 46.9 Å². The van der Waals surface area contributed by atoms with E-state index in [0.717, 1.165) is 43.7 Å². The highest BCUT2D eigenvalue weighted by molar-refractivity contribution is 6.30. The van der Waals surface area contributed by atoms with Gasteiger partial charge in [-0.3, -0.25) is 4.98 Å². The van der Waals surface area contributed by atoms with Crippen LogP contribution in [0.5, 0.6) is 0 Å². The topological polar surface area (TPSA) is 110 Å². The van der Waals surface area contributed by atoms with Crippen LogP contribution in [0, 0.1) is 29.1 Å². The second-order valence-corrected chi connectivity index (χ2v) is 10.1. The summed E-state index contributed by atoms with van der Waals surface area (Å²) in [4.78, 5) is 18.0. The van der Waals surface area contributed by atoms with Gasteiger partial charge in [0.15, 0.2) is 5.65 Å². The zero-order valence-electron chi connectivity index (χ0n) is 19.3. The number of aromatic nitrogens is 5. The van der Waals surface area contributed by atoms with Gasteiger partial charge in [-0.05, 0) is 49.5 Å². The Balaban J connectivity index is 1.67. The van der Waals surface area contributed by atoms with Crippen LogP contribution >= 0.6 is 11.6 Å². The van der Waals surface area contributed by atoms with Gasteiger partial charge in [-0.2, -0.15) is 10.2 Å². The Bertz CT molecular complexity index is 1210. The normalized spacial score (nSPS) is 22.5. The van der Waals surface area contributed by atoms with E-state index in [-0.39, 0.29) is 11.7 Å². The summed E-state index contributed by atoms with van der Waals surface area (Å²) < 4.78 is 7.61. The number of aliphatic hydroxyl groups excluding tert-OH is 1. The molecule has 0 spiro atoms. The van der Waals surface area contributed by atoms with Crippen molar-refractivity contribution >= 4 is 22.8 Å². The molecule has 1 aliphatic carbocycles. The van der Waals surface area contributed by atoms with Gasteiger partial charge in [-0.15, -0.1) is 0 Å². The van der Waals surface area contributed by atoms with E-state index in [1.807, 2.05) is 6.07 Å². The fourth-order valence-electron chi connectivity index (χ4n) is 5.27. The number of rotatable bonds is 5. The molecule has 1 atom stereocenters. The number of aliphatic hydroxyl groups is 1. The molecule has 1 saturated carbocycles. The Labute approximate surface area is 204 Å². The van der Waals surface area contributed by atoms with Crippen LogP contribution in [-0.2, 0) is 11.3 Å². The molecule has 3 aromatic heterocycles. The minimum absolute atomic E-state index is 0.0331. The Morgan fingerprint density at radius 3 is 2.62 bits per heavy atom. The first kappa shape index (κ1) is 23.2. The largest absolute Gasteiger partial charge is 0.385 e. The molecule has 34 heavy (non-hydrogen) atoms. The number of fused-ring (bicyclic) bond motifs is 1. The average molecular weight is 481 g/mol. The maximum atomic E-state index is 11.4. The predicted molar refractivity (Wildman–Crippen MR) is 128 cm³/mol. The minimum atomic E-state index is -0.739. The summed E-state index contributed by atoms with van der Waals surface area (Å²) in [6, 6.07) is 3.83. The van der Waals surface area contributed by atoms with E-state index in [1.165, 1.54) is 12.8 Å². The van der Waals surface area contributed by atoms with Gasteiger partial charge in [0.2, 0.25) is 5.82 Å². The Morgan fingerprint density at radius 2 is 1.91 bits per heavy atom. The third-order valence-corrected chi connectivity index (χ3v) is 7.47. The minimum Gasteiger partial charge on any atom is -0.385 e. The number of imidazole rings is 1. The number of pyridine rings is 1. The number of hydrogen-bond acceptors (Lipinski definition) is 7. The number of ether oxygens (including phenoxy) is 1. The molecule has 0 bridgehead atoms. The zero-order valence-corrected chi connectivity index (χ0v) is 20.1. The van der Waals surface area contributed by atoms with Crippen molar-refractivity contribution in [2.24, 2.45) is 17.8 Å². The molecule has 1 aliphatic heterocycles. The van der Waals surface area contributed by atoms with Crippen molar-refractivity contribution in [2.75, 3.05) is 13.2 Å². The van der Waals surface area contributed by atoms with Gasteiger partial charge < -0.3 is 14.4 Å².